The van der Waals surface area contributed by atoms with Crippen molar-refractivity contribution < 1.29 is 4.79 Å². The fraction of sp³-hybridized carbons (Fsp3) is 0.267. The molecule has 0 saturated heterocycles. The number of nitrogens with two attached hydrogens (primary N) is 1. The standard InChI is InChI=1S/C15H17N5O/c1-2-3-12-13(17)14(20-19-12)15(21)18-9-11-6-4-10(8-16)5-7-11/h4-7H,2-3,9,17H2,1H3,(H,18,21)(H,19,20). The number of carbonyl (C=O) groups excluding carboxylic acids is 1. The van der Waals surface area contributed by atoms with Crippen LogP contribution in [-0.4, -0.2) is 16.1 Å². The number of carbonyl (C=O) groups is 1. The lowest BCUT2D eigenvalue weighted by Gasteiger charge is -2.04. The van der Waals surface area contributed by atoms with Gasteiger partial charge in [0.1, 0.15) is 0 Å². The second-order valence-corrected chi connectivity index (χ2v) is 4.71. The van der Waals surface area contributed by atoms with Gasteiger partial charge in [0, 0.05) is 6.54 Å². The molecule has 0 aliphatic heterocycles. The number of anilines is 1. The largest absolute Gasteiger partial charge is 0.395 e. The van der Waals surface area contributed by atoms with Gasteiger partial charge in [0.05, 0.1) is 23.0 Å². The quantitative estimate of drug-likeness (QED) is 0.776. The number of nitriles is 1. The summed E-state index contributed by atoms with van der Waals surface area (Å²) in [4.78, 5) is 12.1. The molecule has 108 valence electrons. The van der Waals surface area contributed by atoms with Gasteiger partial charge in [0.15, 0.2) is 5.69 Å². The molecule has 0 atom stereocenters. The van der Waals surface area contributed by atoms with Crippen molar-refractivity contribution in [2.75, 3.05) is 5.73 Å². The summed E-state index contributed by atoms with van der Waals surface area (Å²) in [7, 11) is 0. The van der Waals surface area contributed by atoms with E-state index >= 15 is 0 Å². The number of hydrogen-bond donors (Lipinski definition) is 3. The predicted molar refractivity (Wildman–Crippen MR) is 79.3 cm³/mol. The summed E-state index contributed by atoms with van der Waals surface area (Å²) >= 11 is 0. The number of H-pyrrole nitrogens is 1. The zero-order chi connectivity index (χ0) is 15.2. The molecule has 6 heteroatoms. The smallest absolute Gasteiger partial charge is 0.274 e. The highest BCUT2D eigenvalue weighted by Gasteiger charge is 2.16. The molecule has 0 unspecified atom stereocenters. The number of nitrogens with one attached hydrogen (secondary N) is 2. The zero-order valence-corrected chi connectivity index (χ0v) is 11.8. The lowest BCUT2D eigenvalue weighted by molar-refractivity contribution is 0.0947. The lowest BCUT2D eigenvalue weighted by atomic mass is 10.1. The van der Waals surface area contributed by atoms with Crippen LogP contribution in [0.15, 0.2) is 24.3 Å². The lowest BCUT2D eigenvalue weighted by Crippen LogP contribution is -2.24. The van der Waals surface area contributed by atoms with E-state index < -0.39 is 0 Å². The Hall–Kier alpha value is -2.81. The summed E-state index contributed by atoms with van der Waals surface area (Å²) in [5, 5.41) is 18.3. The van der Waals surface area contributed by atoms with E-state index in [1.54, 1.807) is 24.3 Å². The zero-order valence-electron chi connectivity index (χ0n) is 11.8. The van der Waals surface area contributed by atoms with Gasteiger partial charge >= 0.3 is 0 Å². The Morgan fingerprint density at radius 1 is 1.43 bits per heavy atom. The van der Waals surface area contributed by atoms with E-state index in [1.165, 1.54) is 0 Å². The summed E-state index contributed by atoms with van der Waals surface area (Å²) in [6.07, 6.45) is 1.69. The molecule has 0 bridgehead atoms. The Labute approximate surface area is 123 Å². The van der Waals surface area contributed by atoms with Crippen molar-refractivity contribution in [3.63, 3.8) is 0 Å². The van der Waals surface area contributed by atoms with Crippen LogP contribution in [0.1, 0.15) is 40.7 Å². The molecule has 0 aliphatic carbocycles. The fourth-order valence-electron chi connectivity index (χ4n) is 1.96. The van der Waals surface area contributed by atoms with Gasteiger partial charge in [-0.3, -0.25) is 9.89 Å². The van der Waals surface area contributed by atoms with Gasteiger partial charge in [-0.25, -0.2) is 0 Å². The molecular formula is C15H17N5O. The molecule has 1 aromatic heterocycles. The minimum absolute atomic E-state index is 0.229. The summed E-state index contributed by atoms with van der Waals surface area (Å²) in [5.74, 6) is -0.310. The number of rotatable bonds is 5. The monoisotopic (exact) mass is 283 g/mol. The van der Waals surface area contributed by atoms with E-state index in [0.29, 0.717) is 17.8 Å². The summed E-state index contributed by atoms with van der Waals surface area (Å²) in [5.41, 5.74) is 8.84. The minimum atomic E-state index is -0.310. The van der Waals surface area contributed by atoms with Crippen molar-refractivity contribution in [1.29, 1.82) is 5.26 Å². The number of nitrogen functional groups attached to an aromatic ring is 1. The SMILES string of the molecule is CCCc1[nH]nc(C(=O)NCc2ccc(C#N)cc2)c1N. The van der Waals surface area contributed by atoms with Crippen LogP contribution >= 0.6 is 0 Å². The van der Waals surface area contributed by atoms with Crippen LogP contribution in [0.3, 0.4) is 0 Å². The third kappa shape index (κ3) is 3.39. The molecule has 4 N–H and O–H groups in total. The molecule has 0 aliphatic rings. The van der Waals surface area contributed by atoms with Crippen molar-refractivity contribution in [3.05, 3.63) is 46.8 Å². The van der Waals surface area contributed by atoms with Gasteiger partial charge in [0.2, 0.25) is 0 Å². The van der Waals surface area contributed by atoms with E-state index in [-0.39, 0.29) is 11.6 Å². The van der Waals surface area contributed by atoms with Crippen LogP contribution in [0.2, 0.25) is 0 Å². The summed E-state index contributed by atoms with van der Waals surface area (Å²) in [6, 6.07) is 9.07. The first kappa shape index (κ1) is 14.6. The van der Waals surface area contributed by atoms with E-state index in [1.807, 2.05) is 13.0 Å². The molecule has 1 amide bonds. The second kappa shape index (κ2) is 6.57. The fourth-order valence-corrected chi connectivity index (χ4v) is 1.96. The third-order valence-corrected chi connectivity index (χ3v) is 3.13. The Morgan fingerprint density at radius 3 is 2.76 bits per heavy atom. The molecule has 2 rings (SSSR count). The van der Waals surface area contributed by atoms with Gasteiger partial charge < -0.3 is 11.1 Å². The van der Waals surface area contributed by atoms with Crippen molar-refractivity contribution in [2.24, 2.45) is 0 Å². The molecule has 2 aromatic rings. The first-order valence-corrected chi connectivity index (χ1v) is 6.75. The van der Waals surface area contributed by atoms with Crippen LogP contribution in [0.25, 0.3) is 0 Å². The highest BCUT2D eigenvalue weighted by molar-refractivity contribution is 5.97. The molecular weight excluding hydrogens is 266 g/mol. The van der Waals surface area contributed by atoms with Crippen molar-refractivity contribution in [2.45, 2.75) is 26.3 Å². The Morgan fingerprint density at radius 2 is 2.14 bits per heavy atom. The van der Waals surface area contributed by atoms with Gasteiger partial charge in [0.25, 0.3) is 5.91 Å². The van der Waals surface area contributed by atoms with Crippen molar-refractivity contribution >= 4 is 11.6 Å². The highest BCUT2D eigenvalue weighted by atomic mass is 16.1. The first-order valence-electron chi connectivity index (χ1n) is 6.75. The Bertz CT molecular complexity index is 666. The molecule has 0 spiro atoms. The van der Waals surface area contributed by atoms with Gasteiger partial charge in [-0.2, -0.15) is 10.4 Å². The molecule has 6 nitrogen and oxygen atoms in total. The Balaban J connectivity index is 1.99. The maximum absolute atomic E-state index is 12.1. The molecule has 21 heavy (non-hydrogen) atoms. The molecule has 0 fully saturated rings. The second-order valence-electron chi connectivity index (χ2n) is 4.71. The molecule has 0 radical (unpaired) electrons. The van der Waals surface area contributed by atoms with Crippen LogP contribution in [0, 0.1) is 11.3 Å². The molecule has 1 heterocycles. The average molecular weight is 283 g/mol. The normalized spacial score (nSPS) is 10.1. The number of aromatic nitrogens is 2. The summed E-state index contributed by atoms with van der Waals surface area (Å²) in [6.45, 7) is 2.39. The first-order chi connectivity index (χ1) is 10.2. The van der Waals surface area contributed by atoms with Gasteiger partial charge in [-0.15, -0.1) is 0 Å². The third-order valence-electron chi connectivity index (χ3n) is 3.13. The predicted octanol–water partition coefficient (Wildman–Crippen LogP) is 1.75. The topological polar surface area (TPSA) is 108 Å². The number of aromatic amines is 1. The molecule has 0 saturated carbocycles. The number of benzene rings is 1. The van der Waals surface area contributed by atoms with E-state index in [4.69, 9.17) is 11.0 Å². The van der Waals surface area contributed by atoms with Crippen LogP contribution in [0.4, 0.5) is 5.69 Å². The number of aryl methyl sites for hydroxylation is 1. The maximum atomic E-state index is 12.1. The van der Waals surface area contributed by atoms with Crippen LogP contribution in [0.5, 0.6) is 0 Å². The van der Waals surface area contributed by atoms with Crippen LogP contribution < -0.4 is 11.1 Å². The van der Waals surface area contributed by atoms with Gasteiger partial charge in [-0.05, 0) is 24.1 Å². The highest BCUT2D eigenvalue weighted by Crippen LogP contribution is 2.15. The van der Waals surface area contributed by atoms with Crippen molar-refractivity contribution in [1.82, 2.24) is 15.5 Å². The maximum Gasteiger partial charge on any atom is 0.274 e. The van der Waals surface area contributed by atoms with Crippen molar-refractivity contribution in [3.8, 4) is 6.07 Å². The van der Waals surface area contributed by atoms with Crippen LogP contribution in [-0.2, 0) is 13.0 Å². The van der Waals surface area contributed by atoms with E-state index in [9.17, 15) is 4.79 Å². The minimum Gasteiger partial charge on any atom is -0.395 e. The van der Waals surface area contributed by atoms with Gasteiger partial charge in [-0.1, -0.05) is 25.5 Å². The number of nitrogens with zero attached hydrogens (tertiary/aromatic N) is 2. The number of hydrogen-bond acceptors (Lipinski definition) is 4. The number of amides is 1. The summed E-state index contributed by atoms with van der Waals surface area (Å²) < 4.78 is 0. The van der Waals surface area contributed by atoms with E-state index in [2.05, 4.69) is 15.5 Å². The average Bonchev–Trinajstić information content (AvgIpc) is 2.87. The van der Waals surface area contributed by atoms with E-state index in [0.717, 1.165) is 24.1 Å². The Kier molecular flexibility index (Phi) is 4.57. The molecule has 1 aromatic carbocycles.